The average molecular weight is 583 g/mol. The van der Waals surface area contributed by atoms with Crippen LogP contribution >= 0.6 is 0 Å². The zero-order chi connectivity index (χ0) is 17.5. The van der Waals surface area contributed by atoms with Crippen molar-refractivity contribution in [1.82, 2.24) is 0 Å². The Morgan fingerprint density at radius 1 is 1.11 bits per heavy atom. The second kappa shape index (κ2) is 11.7. The fourth-order valence-corrected chi connectivity index (χ4v) is 3.13. The molecule has 27 heavy (non-hydrogen) atoms. The van der Waals surface area contributed by atoms with Gasteiger partial charge in [-0.05, 0) is 29.8 Å². The van der Waals surface area contributed by atoms with Gasteiger partial charge in [-0.2, -0.15) is 0 Å². The molecule has 0 spiro atoms. The SMILES string of the molecule is O=[N+]([O-])c1ccc(C=NC2=CC=C=CC2=[S+]Cc2ccccc2)cc1.[Cl-].[Hg+]. The number of benzene rings is 2. The topological polar surface area (TPSA) is 55.5 Å². The number of hydrogen-bond acceptors (Lipinski definition) is 3. The predicted octanol–water partition coefficient (Wildman–Crippen LogP) is 1.08. The fraction of sp³-hybridized carbons (Fsp3) is 0.0500. The molecule has 0 amide bonds. The van der Waals surface area contributed by atoms with Crippen LogP contribution in [0.5, 0.6) is 0 Å². The van der Waals surface area contributed by atoms with Gasteiger partial charge in [0.1, 0.15) is 5.70 Å². The summed E-state index contributed by atoms with van der Waals surface area (Å²) in [6.45, 7) is 0. The van der Waals surface area contributed by atoms with Crippen molar-refractivity contribution in [2.24, 2.45) is 4.99 Å². The first-order chi connectivity index (χ1) is 12.2. The number of hydrogen-bond donors (Lipinski definition) is 0. The summed E-state index contributed by atoms with van der Waals surface area (Å²) < 4.78 is 0. The largest absolute Gasteiger partial charge is 1.00 e. The molecule has 0 bridgehead atoms. The average Bonchev–Trinajstić information content (AvgIpc) is 2.66. The molecule has 0 atom stereocenters. The van der Waals surface area contributed by atoms with E-state index in [0.29, 0.717) is 0 Å². The van der Waals surface area contributed by atoms with Crippen molar-refractivity contribution in [2.45, 2.75) is 5.75 Å². The molecular formula is C20H15ClHgN2O2S+. The quantitative estimate of drug-likeness (QED) is 0.101. The third kappa shape index (κ3) is 6.96. The minimum Gasteiger partial charge on any atom is -1.00 e. The monoisotopic (exact) mass is 584 g/mol. The van der Waals surface area contributed by atoms with Crippen molar-refractivity contribution >= 4 is 28.1 Å². The Hall–Kier alpha value is -1.91. The molecule has 1 aliphatic rings. The van der Waals surface area contributed by atoms with Gasteiger partial charge in [0.25, 0.3) is 10.6 Å². The molecule has 0 saturated carbocycles. The van der Waals surface area contributed by atoms with Gasteiger partial charge in [-0.1, -0.05) is 30.3 Å². The smallest absolute Gasteiger partial charge is 1.00 e. The van der Waals surface area contributed by atoms with Gasteiger partial charge in [-0.25, -0.2) is 0 Å². The van der Waals surface area contributed by atoms with Crippen LogP contribution in [0.2, 0.25) is 0 Å². The number of non-ortho nitro benzene ring substituents is 1. The third-order valence-corrected chi connectivity index (χ3v) is 4.61. The molecule has 2 aromatic carbocycles. The van der Waals surface area contributed by atoms with Crippen LogP contribution in [0, 0.1) is 10.1 Å². The van der Waals surface area contributed by atoms with Crippen LogP contribution in [0.3, 0.4) is 0 Å². The van der Waals surface area contributed by atoms with Crippen LogP contribution in [-0.2, 0) is 44.8 Å². The number of allylic oxidation sites excluding steroid dienone is 2. The molecule has 0 saturated heterocycles. The first-order valence-electron chi connectivity index (χ1n) is 7.68. The number of nitro benzene ring substituents is 1. The van der Waals surface area contributed by atoms with Crippen molar-refractivity contribution in [3.05, 3.63) is 105 Å². The summed E-state index contributed by atoms with van der Waals surface area (Å²) in [7, 11) is 0. The molecule has 3 rings (SSSR count). The molecule has 131 valence electrons. The molecule has 0 unspecified atom stereocenters. The minimum absolute atomic E-state index is 0. The molecule has 0 aromatic heterocycles. The summed E-state index contributed by atoms with van der Waals surface area (Å²) in [5.74, 6) is 0.860. The number of aliphatic imine (C=N–C) groups is 1. The minimum atomic E-state index is -0.410. The van der Waals surface area contributed by atoms with Crippen LogP contribution in [0.15, 0.2) is 89.2 Å². The number of nitro groups is 1. The van der Waals surface area contributed by atoms with Crippen molar-refractivity contribution in [2.75, 3.05) is 0 Å². The van der Waals surface area contributed by atoms with Crippen molar-refractivity contribution in [3.8, 4) is 0 Å². The molecule has 1 radical (unpaired) electrons. The van der Waals surface area contributed by atoms with Gasteiger partial charge in [0.15, 0.2) is 11.4 Å². The Morgan fingerprint density at radius 2 is 1.81 bits per heavy atom. The maximum atomic E-state index is 10.7. The Kier molecular flexibility index (Phi) is 10.0. The van der Waals surface area contributed by atoms with Gasteiger partial charge in [-0.15, -0.1) is 5.73 Å². The van der Waals surface area contributed by atoms with Gasteiger partial charge < -0.3 is 12.4 Å². The standard InChI is InChI=1S/C20H15N2O2S.ClH.Hg/c23-22(24)18-12-10-16(11-13-18)14-21-19-8-4-5-9-20(19)25-15-17-6-2-1-3-7-17;;/h1-4,6-14H,15H2;1H;/q+1;;+1/p-1. The van der Waals surface area contributed by atoms with Gasteiger partial charge in [0.05, 0.1) is 4.92 Å². The number of nitrogens with zero attached hydrogens (tertiary/aromatic N) is 2. The van der Waals surface area contributed by atoms with E-state index < -0.39 is 4.92 Å². The zero-order valence-electron chi connectivity index (χ0n) is 14.4. The van der Waals surface area contributed by atoms with Crippen LogP contribution in [0.4, 0.5) is 5.69 Å². The second-order valence-corrected chi connectivity index (χ2v) is 6.29. The van der Waals surface area contributed by atoms with Crippen LogP contribution < -0.4 is 12.4 Å². The first kappa shape index (κ1) is 23.1. The number of halogens is 1. The Bertz CT molecular complexity index is 932. The van der Waals surface area contributed by atoms with E-state index in [-0.39, 0.29) is 45.8 Å². The van der Waals surface area contributed by atoms with Crippen molar-refractivity contribution < 1.29 is 45.0 Å². The van der Waals surface area contributed by atoms with Gasteiger partial charge in [0, 0.05) is 30.0 Å². The van der Waals surface area contributed by atoms with Gasteiger partial charge in [-0.3, -0.25) is 15.1 Å². The van der Waals surface area contributed by atoms with Crippen LogP contribution in [-0.4, -0.2) is 16.0 Å². The maximum Gasteiger partial charge on any atom is 1.00 e. The summed E-state index contributed by atoms with van der Waals surface area (Å²) >= 11 is 1.71. The molecule has 4 nitrogen and oxygen atoms in total. The van der Waals surface area contributed by atoms with E-state index in [9.17, 15) is 10.1 Å². The summed E-state index contributed by atoms with van der Waals surface area (Å²) in [5, 5.41) is 10.7. The van der Waals surface area contributed by atoms with E-state index in [0.717, 1.165) is 21.9 Å². The molecule has 0 heterocycles. The van der Waals surface area contributed by atoms with Crippen LogP contribution in [0.1, 0.15) is 11.1 Å². The Morgan fingerprint density at radius 3 is 2.48 bits per heavy atom. The summed E-state index contributed by atoms with van der Waals surface area (Å²) in [4.78, 5) is 15.9. The molecule has 7 heteroatoms. The van der Waals surface area contributed by atoms with E-state index in [1.165, 1.54) is 17.7 Å². The van der Waals surface area contributed by atoms with Crippen molar-refractivity contribution in [3.63, 3.8) is 0 Å². The first-order valence-corrected chi connectivity index (χ1v) is 8.66. The number of rotatable bonds is 5. The van der Waals surface area contributed by atoms with E-state index in [2.05, 4.69) is 22.9 Å². The van der Waals surface area contributed by atoms with Gasteiger partial charge in [0.2, 0.25) is 5.75 Å². The van der Waals surface area contributed by atoms with Gasteiger partial charge >= 0.3 is 27.7 Å². The van der Waals surface area contributed by atoms with Crippen molar-refractivity contribution in [1.29, 1.82) is 0 Å². The second-order valence-electron chi connectivity index (χ2n) is 5.27. The fourth-order valence-electron chi connectivity index (χ4n) is 2.19. The van der Waals surface area contributed by atoms with E-state index in [4.69, 9.17) is 0 Å². The van der Waals surface area contributed by atoms with Crippen LogP contribution in [0.25, 0.3) is 0 Å². The van der Waals surface area contributed by atoms with E-state index >= 15 is 0 Å². The normalized spacial score (nSPS) is 13.8. The molecule has 2 aromatic rings. The Labute approximate surface area is 188 Å². The zero-order valence-corrected chi connectivity index (χ0v) is 21.5. The molecule has 0 fully saturated rings. The molecule has 0 N–H and O–H groups in total. The summed E-state index contributed by atoms with van der Waals surface area (Å²) in [6, 6.07) is 16.6. The molecular weight excluding hydrogens is 568 g/mol. The molecule has 1 aliphatic carbocycles. The molecule has 0 aliphatic heterocycles. The third-order valence-electron chi connectivity index (χ3n) is 3.50. The van der Waals surface area contributed by atoms with E-state index in [1.807, 2.05) is 36.4 Å². The summed E-state index contributed by atoms with van der Waals surface area (Å²) in [6.07, 6.45) is 7.38. The summed E-state index contributed by atoms with van der Waals surface area (Å²) in [5.41, 5.74) is 6.09. The van der Waals surface area contributed by atoms with E-state index in [1.54, 1.807) is 29.7 Å². The Balaban J connectivity index is 0.00000182. The predicted molar refractivity (Wildman–Crippen MR) is 104 cm³/mol. The maximum absolute atomic E-state index is 10.7.